The van der Waals surface area contributed by atoms with E-state index in [1.807, 2.05) is 0 Å². The van der Waals surface area contributed by atoms with Gasteiger partial charge in [-0.25, -0.2) is 0 Å². The minimum atomic E-state index is -0.604. The molecule has 0 unspecified atom stereocenters. The number of carbonyl (C=O) groups is 1. The van der Waals surface area contributed by atoms with Gasteiger partial charge in [-0.15, -0.1) is 11.3 Å². The number of Topliss-reactive ketones (excluding diaryl/α,β-unsaturated/α-hetero) is 1. The molecule has 0 N–H and O–H groups in total. The third-order valence-electron chi connectivity index (χ3n) is 2.03. The Labute approximate surface area is 122 Å². The van der Waals surface area contributed by atoms with Gasteiger partial charge < -0.3 is 10.1 Å². The van der Waals surface area contributed by atoms with Crippen molar-refractivity contribution < 1.29 is 9.72 Å². The highest BCUT2D eigenvalue weighted by atomic mass is 79.9. The normalized spacial score (nSPS) is 10.6. The van der Waals surface area contributed by atoms with Gasteiger partial charge in [-0.1, -0.05) is 0 Å². The Morgan fingerprint density at radius 1 is 1.50 bits per heavy atom. The molecular formula is C9H5Br2N3O3S. The molecule has 2 heterocycles. The van der Waals surface area contributed by atoms with Crippen LogP contribution in [0.25, 0.3) is 0 Å². The molecule has 0 aliphatic heterocycles. The third-order valence-corrected chi connectivity index (χ3v) is 4.25. The summed E-state index contributed by atoms with van der Waals surface area (Å²) in [6, 6.07) is 3.48. The molecule has 0 fully saturated rings. The van der Waals surface area contributed by atoms with Crippen molar-refractivity contribution in [1.82, 2.24) is 9.78 Å². The summed E-state index contributed by atoms with van der Waals surface area (Å²) < 4.78 is 2.36. The fraction of sp³-hybridized carbons (Fsp3) is 0.111. The summed E-state index contributed by atoms with van der Waals surface area (Å²) in [6.07, 6.45) is 1.42. The SMILES string of the molecule is O=C(Cn1cc(Br)c([N+](=O)[O-])n1)c1ccc(Br)s1. The predicted octanol–water partition coefficient (Wildman–Crippen LogP) is 3.26. The highest BCUT2D eigenvalue weighted by Gasteiger charge is 2.20. The zero-order valence-electron chi connectivity index (χ0n) is 8.67. The van der Waals surface area contributed by atoms with Crippen molar-refractivity contribution in [2.45, 2.75) is 6.54 Å². The molecule has 2 aromatic rings. The minimum Gasteiger partial charge on any atom is -0.358 e. The Hall–Kier alpha value is -1.06. The van der Waals surface area contributed by atoms with E-state index in [2.05, 4.69) is 37.0 Å². The molecule has 0 aliphatic carbocycles. The molecule has 0 spiro atoms. The van der Waals surface area contributed by atoms with Crippen molar-refractivity contribution >= 4 is 54.8 Å². The molecule has 0 atom stereocenters. The van der Waals surface area contributed by atoms with Gasteiger partial charge >= 0.3 is 5.82 Å². The molecule has 0 amide bonds. The average Bonchev–Trinajstić information content (AvgIpc) is 2.85. The molecule has 94 valence electrons. The second kappa shape index (κ2) is 5.29. The molecule has 0 radical (unpaired) electrons. The molecule has 0 saturated carbocycles. The molecule has 6 nitrogen and oxygen atoms in total. The van der Waals surface area contributed by atoms with E-state index in [0.717, 1.165) is 3.79 Å². The van der Waals surface area contributed by atoms with Crippen LogP contribution in [0.5, 0.6) is 0 Å². The van der Waals surface area contributed by atoms with Gasteiger partial charge in [0.05, 0.1) is 20.0 Å². The van der Waals surface area contributed by atoms with Gasteiger partial charge in [0.1, 0.15) is 11.0 Å². The molecule has 0 bridgehead atoms. The van der Waals surface area contributed by atoms with Gasteiger partial charge in [-0.05, 0) is 48.9 Å². The second-order valence-corrected chi connectivity index (χ2v) is 6.60. The maximum atomic E-state index is 11.9. The average molecular weight is 395 g/mol. The number of carbonyl (C=O) groups excluding carboxylic acids is 1. The summed E-state index contributed by atoms with van der Waals surface area (Å²) in [5.41, 5.74) is 0. The predicted molar refractivity (Wildman–Crippen MR) is 72.9 cm³/mol. The first-order chi connectivity index (χ1) is 8.47. The number of hydrogen-bond acceptors (Lipinski definition) is 5. The van der Waals surface area contributed by atoms with E-state index in [-0.39, 0.29) is 22.6 Å². The first-order valence-electron chi connectivity index (χ1n) is 4.63. The number of halogens is 2. The molecule has 0 saturated heterocycles. The summed E-state index contributed by atoms with van der Waals surface area (Å²) in [5.74, 6) is -0.439. The van der Waals surface area contributed by atoms with Crippen LogP contribution in [0.2, 0.25) is 0 Å². The minimum absolute atomic E-state index is 0.0284. The summed E-state index contributed by atoms with van der Waals surface area (Å²) in [6.45, 7) is -0.0284. The summed E-state index contributed by atoms with van der Waals surface area (Å²) >= 11 is 7.61. The maximum absolute atomic E-state index is 11.9. The van der Waals surface area contributed by atoms with Gasteiger partial charge in [0.2, 0.25) is 0 Å². The second-order valence-electron chi connectivity index (χ2n) is 3.28. The van der Waals surface area contributed by atoms with E-state index in [1.165, 1.54) is 22.2 Å². The van der Waals surface area contributed by atoms with Gasteiger partial charge in [0, 0.05) is 0 Å². The Kier molecular flexibility index (Phi) is 3.93. The van der Waals surface area contributed by atoms with Crippen molar-refractivity contribution in [3.05, 3.63) is 41.6 Å². The van der Waals surface area contributed by atoms with Crippen LogP contribution in [0.15, 0.2) is 26.6 Å². The zero-order valence-corrected chi connectivity index (χ0v) is 12.7. The van der Waals surface area contributed by atoms with Crippen LogP contribution in [-0.2, 0) is 6.54 Å². The number of aromatic nitrogens is 2. The van der Waals surface area contributed by atoms with Crippen molar-refractivity contribution in [3.63, 3.8) is 0 Å². The smallest absolute Gasteiger partial charge is 0.358 e. The lowest BCUT2D eigenvalue weighted by Gasteiger charge is -1.93. The quantitative estimate of drug-likeness (QED) is 0.453. The van der Waals surface area contributed by atoms with Gasteiger partial charge in [0.15, 0.2) is 5.78 Å². The maximum Gasteiger partial charge on any atom is 0.404 e. The monoisotopic (exact) mass is 393 g/mol. The molecule has 9 heteroatoms. The highest BCUT2D eigenvalue weighted by molar-refractivity contribution is 9.11. The fourth-order valence-corrected chi connectivity index (χ4v) is 3.06. The number of ketones is 1. The van der Waals surface area contributed by atoms with E-state index in [9.17, 15) is 14.9 Å². The lowest BCUT2D eigenvalue weighted by Crippen LogP contribution is -2.09. The van der Waals surface area contributed by atoms with Crippen LogP contribution >= 0.6 is 43.2 Å². The van der Waals surface area contributed by atoms with E-state index < -0.39 is 4.92 Å². The zero-order chi connectivity index (χ0) is 13.3. The standard InChI is InChI=1S/C9H5Br2N3O3S/c10-5-3-13(12-9(5)14(16)17)4-6(15)7-1-2-8(11)18-7/h1-3H,4H2. The van der Waals surface area contributed by atoms with Crippen molar-refractivity contribution in [1.29, 1.82) is 0 Å². The Morgan fingerprint density at radius 3 is 2.72 bits per heavy atom. The lowest BCUT2D eigenvalue weighted by molar-refractivity contribution is -0.390. The van der Waals surface area contributed by atoms with E-state index >= 15 is 0 Å². The first-order valence-corrected chi connectivity index (χ1v) is 7.03. The van der Waals surface area contributed by atoms with Crippen LogP contribution in [-0.4, -0.2) is 20.5 Å². The van der Waals surface area contributed by atoms with Crippen LogP contribution < -0.4 is 0 Å². The Bertz CT molecular complexity index is 622. The Morgan fingerprint density at radius 2 is 2.22 bits per heavy atom. The van der Waals surface area contributed by atoms with Crippen LogP contribution in [0, 0.1) is 10.1 Å². The first kappa shape index (κ1) is 13.4. The number of rotatable bonds is 4. The number of nitrogens with zero attached hydrogens (tertiary/aromatic N) is 3. The highest BCUT2D eigenvalue weighted by Crippen LogP contribution is 2.24. The van der Waals surface area contributed by atoms with Crippen molar-refractivity contribution in [2.75, 3.05) is 0 Å². The van der Waals surface area contributed by atoms with Gasteiger partial charge in [0.25, 0.3) is 0 Å². The molecular weight excluding hydrogens is 390 g/mol. The fourth-order valence-electron chi connectivity index (χ4n) is 1.28. The summed E-state index contributed by atoms with van der Waals surface area (Å²) in [5, 5.41) is 14.3. The van der Waals surface area contributed by atoms with Crippen LogP contribution in [0.1, 0.15) is 9.67 Å². The van der Waals surface area contributed by atoms with Crippen molar-refractivity contribution in [3.8, 4) is 0 Å². The molecule has 2 aromatic heterocycles. The van der Waals surface area contributed by atoms with Crippen LogP contribution in [0.4, 0.5) is 5.82 Å². The van der Waals surface area contributed by atoms with E-state index in [4.69, 9.17) is 0 Å². The number of thiophene rings is 1. The van der Waals surface area contributed by atoms with E-state index in [1.54, 1.807) is 12.1 Å². The molecule has 0 aliphatic rings. The number of hydrogen-bond donors (Lipinski definition) is 0. The number of nitro groups is 1. The largest absolute Gasteiger partial charge is 0.404 e. The van der Waals surface area contributed by atoms with Crippen molar-refractivity contribution in [2.24, 2.45) is 0 Å². The summed E-state index contributed by atoms with van der Waals surface area (Å²) in [4.78, 5) is 22.4. The van der Waals surface area contributed by atoms with E-state index in [0.29, 0.717) is 4.88 Å². The lowest BCUT2D eigenvalue weighted by atomic mass is 10.3. The molecule has 0 aromatic carbocycles. The van der Waals surface area contributed by atoms with Gasteiger partial charge in [-0.3, -0.25) is 4.79 Å². The van der Waals surface area contributed by atoms with Crippen LogP contribution in [0.3, 0.4) is 0 Å². The molecule has 2 rings (SSSR count). The molecule has 18 heavy (non-hydrogen) atoms. The summed E-state index contributed by atoms with van der Waals surface area (Å²) in [7, 11) is 0. The Balaban J connectivity index is 2.17. The van der Waals surface area contributed by atoms with Gasteiger partial charge in [-0.2, -0.15) is 4.68 Å². The third kappa shape index (κ3) is 2.85. The topological polar surface area (TPSA) is 78.0 Å².